The van der Waals surface area contributed by atoms with Crippen LogP contribution in [0.3, 0.4) is 0 Å². The molecule has 3 amide bonds. The van der Waals surface area contributed by atoms with Crippen molar-refractivity contribution in [2.75, 3.05) is 18.0 Å². The van der Waals surface area contributed by atoms with Crippen molar-refractivity contribution in [2.24, 2.45) is 0 Å². The van der Waals surface area contributed by atoms with E-state index in [1.807, 2.05) is 24.8 Å². The predicted molar refractivity (Wildman–Crippen MR) is 119 cm³/mol. The Bertz CT molecular complexity index is 879. The van der Waals surface area contributed by atoms with Crippen LogP contribution in [0.1, 0.15) is 75.7 Å². The minimum absolute atomic E-state index is 0.0533. The summed E-state index contributed by atoms with van der Waals surface area (Å²) in [4.78, 5) is 41.2. The van der Waals surface area contributed by atoms with Gasteiger partial charge in [-0.15, -0.1) is 0 Å². The molecule has 1 aromatic carbocycles. The van der Waals surface area contributed by atoms with E-state index in [0.29, 0.717) is 11.3 Å². The normalized spacial score (nSPS) is 18.2. The molecule has 0 bridgehead atoms. The zero-order valence-corrected chi connectivity index (χ0v) is 19.3. The summed E-state index contributed by atoms with van der Waals surface area (Å²) in [5, 5.41) is 2.14. The standard InChI is InChI=1S/C24H33F2N3O3/c1-15(2)29(17-8-6-5-7-9-17)22(31)16-10-11-18-19(14-16)28(23(32)24(18,3)4)13-12-27-21(30)20(25)26/h10-11,14-15,17,20H,5-9,12-13H2,1-4H3,(H,27,30). The largest absolute Gasteiger partial charge is 0.349 e. The molecule has 0 unspecified atom stereocenters. The first-order valence-corrected chi connectivity index (χ1v) is 11.4. The number of benzene rings is 1. The highest BCUT2D eigenvalue weighted by molar-refractivity contribution is 6.09. The Balaban J connectivity index is 1.86. The van der Waals surface area contributed by atoms with Gasteiger partial charge in [0, 0.05) is 36.4 Å². The van der Waals surface area contributed by atoms with Crippen LogP contribution < -0.4 is 10.2 Å². The van der Waals surface area contributed by atoms with E-state index < -0.39 is 17.7 Å². The van der Waals surface area contributed by atoms with Crippen molar-refractivity contribution in [3.05, 3.63) is 29.3 Å². The Labute approximate surface area is 188 Å². The third-order valence-electron chi connectivity index (χ3n) is 6.58. The molecule has 1 fully saturated rings. The minimum atomic E-state index is -3.10. The highest BCUT2D eigenvalue weighted by Crippen LogP contribution is 2.42. The van der Waals surface area contributed by atoms with Gasteiger partial charge in [-0.25, -0.2) is 0 Å². The van der Waals surface area contributed by atoms with Gasteiger partial charge in [-0.05, 0) is 58.2 Å². The number of nitrogens with one attached hydrogen (secondary N) is 1. The number of fused-ring (bicyclic) bond motifs is 1. The molecule has 2 aliphatic rings. The molecule has 1 aliphatic heterocycles. The minimum Gasteiger partial charge on any atom is -0.349 e. The van der Waals surface area contributed by atoms with Crippen molar-refractivity contribution in [3.63, 3.8) is 0 Å². The lowest BCUT2D eigenvalue weighted by atomic mass is 9.85. The van der Waals surface area contributed by atoms with E-state index in [9.17, 15) is 23.2 Å². The summed E-state index contributed by atoms with van der Waals surface area (Å²) in [5.41, 5.74) is 1.10. The zero-order chi connectivity index (χ0) is 23.6. The number of alkyl halides is 2. The van der Waals surface area contributed by atoms with Crippen LogP contribution in [0, 0.1) is 0 Å². The number of halogens is 2. The van der Waals surface area contributed by atoms with Gasteiger partial charge < -0.3 is 15.1 Å². The van der Waals surface area contributed by atoms with Crippen molar-refractivity contribution < 1.29 is 23.2 Å². The quantitative estimate of drug-likeness (QED) is 0.687. The fourth-order valence-corrected chi connectivity index (χ4v) is 4.90. The molecule has 0 radical (unpaired) electrons. The van der Waals surface area contributed by atoms with Gasteiger partial charge in [0.2, 0.25) is 5.91 Å². The van der Waals surface area contributed by atoms with E-state index in [-0.39, 0.29) is 37.0 Å². The lowest BCUT2D eigenvalue weighted by Crippen LogP contribution is -2.45. The maximum Gasteiger partial charge on any atom is 0.315 e. The Morgan fingerprint density at radius 2 is 1.84 bits per heavy atom. The second-order valence-electron chi connectivity index (χ2n) is 9.50. The number of anilines is 1. The number of hydrogen-bond acceptors (Lipinski definition) is 3. The molecule has 1 N–H and O–H groups in total. The number of nitrogens with zero attached hydrogens (tertiary/aromatic N) is 2. The van der Waals surface area contributed by atoms with Crippen LogP contribution in [0.2, 0.25) is 0 Å². The van der Waals surface area contributed by atoms with Gasteiger partial charge in [-0.3, -0.25) is 14.4 Å². The Morgan fingerprint density at radius 1 is 1.19 bits per heavy atom. The second kappa shape index (κ2) is 9.55. The molecular formula is C24H33F2N3O3. The maximum absolute atomic E-state index is 13.5. The van der Waals surface area contributed by atoms with E-state index >= 15 is 0 Å². The molecule has 8 heteroatoms. The third kappa shape index (κ3) is 4.64. The SMILES string of the molecule is CC(C)N(C(=O)c1ccc2c(c1)N(CCNC(=O)C(F)F)C(=O)C2(C)C)C1CCCCC1. The molecule has 1 heterocycles. The van der Waals surface area contributed by atoms with Crippen molar-refractivity contribution >= 4 is 23.4 Å². The number of rotatable bonds is 7. The fourth-order valence-electron chi connectivity index (χ4n) is 4.90. The smallest absolute Gasteiger partial charge is 0.315 e. The van der Waals surface area contributed by atoms with Gasteiger partial charge in [0.1, 0.15) is 0 Å². The molecule has 3 rings (SSSR count). The summed E-state index contributed by atoms with van der Waals surface area (Å²) in [6.45, 7) is 7.60. The summed E-state index contributed by atoms with van der Waals surface area (Å²) in [7, 11) is 0. The Kier molecular flexibility index (Phi) is 7.20. The maximum atomic E-state index is 13.5. The lowest BCUT2D eigenvalue weighted by Gasteiger charge is -2.37. The molecule has 6 nitrogen and oxygen atoms in total. The number of amides is 3. The highest BCUT2D eigenvalue weighted by Gasteiger charge is 2.44. The van der Waals surface area contributed by atoms with Gasteiger partial charge in [-0.1, -0.05) is 25.3 Å². The number of carbonyl (C=O) groups excluding carboxylic acids is 3. The van der Waals surface area contributed by atoms with E-state index in [0.717, 1.165) is 31.2 Å². The number of carbonyl (C=O) groups is 3. The number of hydrogen-bond donors (Lipinski definition) is 1. The Hall–Kier alpha value is -2.51. The molecule has 0 aromatic heterocycles. The molecular weight excluding hydrogens is 416 g/mol. The topological polar surface area (TPSA) is 69.7 Å². The molecule has 1 aliphatic carbocycles. The highest BCUT2D eigenvalue weighted by atomic mass is 19.3. The van der Waals surface area contributed by atoms with Crippen LogP contribution in [0.25, 0.3) is 0 Å². The fraction of sp³-hybridized carbons (Fsp3) is 0.625. The summed E-state index contributed by atoms with van der Waals surface area (Å²) in [6, 6.07) is 5.59. The van der Waals surface area contributed by atoms with E-state index in [1.54, 1.807) is 26.0 Å². The predicted octanol–water partition coefficient (Wildman–Crippen LogP) is 3.88. The Morgan fingerprint density at radius 3 is 2.44 bits per heavy atom. The molecule has 32 heavy (non-hydrogen) atoms. The molecule has 0 atom stereocenters. The van der Waals surface area contributed by atoms with Crippen LogP contribution in [-0.4, -0.2) is 54.2 Å². The zero-order valence-electron chi connectivity index (χ0n) is 19.3. The van der Waals surface area contributed by atoms with Gasteiger partial charge in [0.25, 0.3) is 11.8 Å². The summed E-state index contributed by atoms with van der Waals surface area (Å²) in [6.07, 6.45) is 2.33. The molecule has 176 valence electrons. The average Bonchev–Trinajstić information content (AvgIpc) is 2.94. The molecule has 1 saturated carbocycles. The van der Waals surface area contributed by atoms with Crippen molar-refractivity contribution in [3.8, 4) is 0 Å². The first-order valence-electron chi connectivity index (χ1n) is 11.4. The first kappa shape index (κ1) is 24.1. The van der Waals surface area contributed by atoms with Crippen LogP contribution in [0.15, 0.2) is 18.2 Å². The monoisotopic (exact) mass is 449 g/mol. The van der Waals surface area contributed by atoms with E-state index in [1.165, 1.54) is 11.3 Å². The molecule has 0 spiro atoms. The summed E-state index contributed by atoms with van der Waals surface area (Å²) in [5.74, 6) is -1.60. The average molecular weight is 450 g/mol. The van der Waals surface area contributed by atoms with Gasteiger partial charge in [0.15, 0.2) is 0 Å². The van der Waals surface area contributed by atoms with Crippen LogP contribution >= 0.6 is 0 Å². The van der Waals surface area contributed by atoms with Crippen molar-refractivity contribution in [2.45, 2.75) is 83.7 Å². The lowest BCUT2D eigenvalue weighted by molar-refractivity contribution is -0.131. The van der Waals surface area contributed by atoms with Gasteiger partial charge in [0.05, 0.1) is 5.41 Å². The summed E-state index contributed by atoms with van der Waals surface area (Å²) < 4.78 is 24.9. The van der Waals surface area contributed by atoms with Gasteiger partial charge >= 0.3 is 6.43 Å². The van der Waals surface area contributed by atoms with Crippen LogP contribution in [0.5, 0.6) is 0 Å². The molecule has 1 aromatic rings. The second-order valence-corrected chi connectivity index (χ2v) is 9.50. The first-order chi connectivity index (χ1) is 15.1. The van der Waals surface area contributed by atoms with Gasteiger partial charge in [-0.2, -0.15) is 8.78 Å². The van der Waals surface area contributed by atoms with Crippen LogP contribution in [0.4, 0.5) is 14.5 Å². The van der Waals surface area contributed by atoms with E-state index in [4.69, 9.17) is 0 Å². The van der Waals surface area contributed by atoms with Crippen LogP contribution in [-0.2, 0) is 15.0 Å². The molecule has 0 saturated heterocycles. The van der Waals surface area contributed by atoms with E-state index in [2.05, 4.69) is 5.32 Å². The van der Waals surface area contributed by atoms with Crippen molar-refractivity contribution in [1.82, 2.24) is 10.2 Å². The third-order valence-corrected chi connectivity index (χ3v) is 6.58. The summed E-state index contributed by atoms with van der Waals surface area (Å²) >= 11 is 0. The van der Waals surface area contributed by atoms with Crippen molar-refractivity contribution in [1.29, 1.82) is 0 Å².